The van der Waals surface area contributed by atoms with Crippen molar-refractivity contribution < 1.29 is 14.1 Å². The molecular weight excluding hydrogens is 216 g/mol. The summed E-state index contributed by atoms with van der Waals surface area (Å²) < 4.78 is 7.25. The Morgan fingerprint density at radius 1 is 1.41 bits per heavy atom. The van der Waals surface area contributed by atoms with Crippen molar-refractivity contribution in [3.05, 3.63) is 29.6 Å². The van der Waals surface area contributed by atoms with Gasteiger partial charge in [-0.15, -0.1) is 0 Å². The van der Waals surface area contributed by atoms with Crippen molar-refractivity contribution >= 4 is 5.91 Å². The molecule has 2 rings (SSSR count). The van der Waals surface area contributed by atoms with Gasteiger partial charge in [0.25, 0.3) is 5.91 Å². The number of amides is 1. The molecule has 1 aliphatic rings. The number of pyridine rings is 1. The SMILES string of the molecule is Cc1ccc[n+](CC(=O)N2CCOCC2)c1C. The molecule has 0 atom stereocenters. The Kier molecular flexibility index (Phi) is 3.74. The predicted octanol–water partition coefficient (Wildman–Crippen LogP) is 0.450. The smallest absolute Gasteiger partial charge is 0.288 e. The molecule has 1 fully saturated rings. The minimum Gasteiger partial charge on any atom is -0.378 e. The van der Waals surface area contributed by atoms with Gasteiger partial charge in [-0.1, -0.05) is 0 Å². The van der Waals surface area contributed by atoms with E-state index in [-0.39, 0.29) is 5.91 Å². The zero-order valence-electron chi connectivity index (χ0n) is 10.5. The molecule has 1 aromatic heterocycles. The number of nitrogens with zero attached hydrogens (tertiary/aromatic N) is 2. The fourth-order valence-electron chi connectivity index (χ4n) is 1.98. The maximum atomic E-state index is 12.1. The summed E-state index contributed by atoms with van der Waals surface area (Å²) in [5.41, 5.74) is 2.36. The molecule has 1 saturated heterocycles. The van der Waals surface area contributed by atoms with Crippen molar-refractivity contribution in [2.45, 2.75) is 20.4 Å². The van der Waals surface area contributed by atoms with Gasteiger partial charge in [0.15, 0.2) is 11.9 Å². The van der Waals surface area contributed by atoms with E-state index >= 15 is 0 Å². The molecule has 1 aromatic rings. The van der Waals surface area contributed by atoms with Crippen molar-refractivity contribution in [3.8, 4) is 0 Å². The minimum absolute atomic E-state index is 0.173. The maximum absolute atomic E-state index is 12.1. The number of ether oxygens (including phenoxy) is 1. The highest BCUT2D eigenvalue weighted by molar-refractivity contribution is 5.74. The third-order valence-electron chi connectivity index (χ3n) is 3.28. The molecule has 17 heavy (non-hydrogen) atoms. The quantitative estimate of drug-likeness (QED) is 0.697. The predicted molar refractivity (Wildman–Crippen MR) is 63.5 cm³/mol. The molecule has 0 radical (unpaired) electrons. The lowest BCUT2D eigenvalue weighted by Crippen LogP contribution is -2.49. The number of hydrogen-bond acceptors (Lipinski definition) is 2. The van der Waals surface area contributed by atoms with Gasteiger partial charge in [-0.25, -0.2) is 0 Å². The Balaban J connectivity index is 2.04. The molecule has 0 N–H and O–H groups in total. The summed E-state index contributed by atoms with van der Waals surface area (Å²) in [6, 6.07) is 4.04. The second kappa shape index (κ2) is 5.27. The van der Waals surface area contributed by atoms with Crippen LogP contribution >= 0.6 is 0 Å². The van der Waals surface area contributed by atoms with Crippen molar-refractivity contribution in [2.24, 2.45) is 0 Å². The van der Waals surface area contributed by atoms with Crippen molar-refractivity contribution in [3.63, 3.8) is 0 Å². The van der Waals surface area contributed by atoms with Crippen LogP contribution in [0.15, 0.2) is 18.3 Å². The fourth-order valence-corrected chi connectivity index (χ4v) is 1.98. The Morgan fingerprint density at radius 3 is 2.82 bits per heavy atom. The van der Waals surface area contributed by atoms with Crippen LogP contribution in [0.25, 0.3) is 0 Å². The first-order valence-electron chi connectivity index (χ1n) is 5.99. The zero-order valence-corrected chi connectivity index (χ0v) is 10.5. The molecule has 92 valence electrons. The Hall–Kier alpha value is -1.42. The number of carbonyl (C=O) groups is 1. The summed E-state index contributed by atoms with van der Waals surface area (Å²) in [4.78, 5) is 14.0. The van der Waals surface area contributed by atoms with Gasteiger partial charge in [-0.3, -0.25) is 4.79 Å². The highest BCUT2D eigenvalue weighted by Gasteiger charge is 2.21. The second-order valence-corrected chi connectivity index (χ2v) is 4.40. The van der Waals surface area contributed by atoms with Crippen LogP contribution in [0.2, 0.25) is 0 Å². The largest absolute Gasteiger partial charge is 0.378 e. The van der Waals surface area contributed by atoms with E-state index < -0.39 is 0 Å². The third-order valence-corrected chi connectivity index (χ3v) is 3.28. The van der Waals surface area contributed by atoms with E-state index in [2.05, 4.69) is 13.0 Å². The number of carbonyl (C=O) groups excluding carboxylic acids is 1. The highest BCUT2D eigenvalue weighted by atomic mass is 16.5. The van der Waals surface area contributed by atoms with Gasteiger partial charge >= 0.3 is 0 Å². The normalized spacial score (nSPS) is 16.0. The van der Waals surface area contributed by atoms with Gasteiger partial charge in [0, 0.05) is 31.6 Å². The monoisotopic (exact) mass is 235 g/mol. The number of rotatable bonds is 2. The molecule has 0 unspecified atom stereocenters. The van der Waals surface area contributed by atoms with Gasteiger partial charge < -0.3 is 9.64 Å². The topological polar surface area (TPSA) is 33.4 Å². The van der Waals surface area contributed by atoms with Crippen molar-refractivity contribution in [2.75, 3.05) is 26.3 Å². The van der Waals surface area contributed by atoms with Crippen LogP contribution in [0.5, 0.6) is 0 Å². The van der Waals surface area contributed by atoms with Crippen LogP contribution in [0.3, 0.4) is 0 Å². The van der Waals surface area contributed by atoms with Crippen molar-refractivity contribution in [1.29, 1.82) is 0 Å². The van der Waals surface area contributed by atoms with Gasteiger partial charge in [0.1, 0.15) is 0 Å². The third kappa shape index (κ3) is 2.82. The summed E-state index contributed by atoms with van der Waals surface area (Å²) in [5, 5.41) is 0. The van der Waals surface area contributed by atoms with Gasteiger partial charge in [0.2, 0.25) is 6.54 Å². The standard InChI is InChI=1S/C13H19N2O2/c1-11-4-3-5-15(12(11)2)10-13(16)14-6-8-17-9-7-14/h3-5H,6-10H2,1-2H3/q+1. The zero-order chi connectivity index (χ0) is 12.3. The molecule has 0 aromatic carbocycles. The summed E-state index contributed by atoms with van der Waals surface area (Å²) in [6.07, 6.45) is 1.96. The Morgan fingerprint density at radius 2 is 2.12 bits per heavy atom. The Labute approximate surface area is 102 Å². The number of aromatic nitrogens is 1. The number of hydrogen-bond donors (Lipinski definition) is 0. The molecule has 4 nitrogen and oxygen atoms in total. The average molecular weight is 235 g/mol. The molecule has 0 saturated carbocycles. The number of morpholine rings is 1. The summed E-state index contributed by atoms with van der Waals surface area (Å²) in [5.74, 6) is 0.173. The van der Waals surface area contributed by atoms with Gasteiger partial charge in [0.05, 0.1) is 13.2 Å². The average Bonchev–Trinajstić information content (AvgIpc) is 2.36. The first-order valence-corrected chi connectivity index (χ1v) is 5.99. The molecular formula is C13H19N2O2+. The second-order valence-electron chi connectivity index (χ2n) is 4.40. The molecule has 0 aliphatic carbocycles. The Bertz CT molecular complexity index is 412. The molecule has 0 bridgehead atoms. The first kappa shape index (κ1) is 12.0. The molecule has 4 heteroatoms. The van der Waals surface area contributed by atoms with E-state index in [1.54, 1.807) is 0 Å². The summed E-state index contributed by atoms with van der Waals surface area (Å²) in [7, 11) is 0. The van der Waals surface area contributed by atoms with Gasteiger partial charge in [-0.05, 0) is 13.0 Å². The maximum Gasteiger partial charge on any atom is 0.288 e. The molecule has 1 aliphatic heterocycles. The lowest BCUT2D eigenvalue weighted by Gasteiger charge is -2.25. The van der Waals surface area contributed by atoms with E-state index in [9.17, 15) is 4.79 Å². The van der Waals surface area contributed by atoms with Crippen LogP contribution in [0, 0.1) is 13.8 Å². The van der Waals surface area contributed by atoms with Crippen LogP contribution in [0.1, 0.15) is 11.3 Å². The fraction of sp³-hybridized carbons (Fsp3) is 0.538. The van der Waals surface area contributed by atoms with E-state index in [1.807, 2.05) is 28.7 Å². The molecule has 1 amide bonds. The molecule has 0 spiro atoms. The van der Waals surface area contributed by atoms with Crippen LogP contribution < -0.4 is 4.57 Å². The number of aryl methyl sites for hydroxylation is 1. The minimum atomic E-state index is 0.173. The van der Waals surface area contributed by atoms with Crippen LogP contribution in [-0.2, 0) is 16.1 Å². The summed E-state index contributed by atoms with van der Waals surface area (Å²) in [6.45, 7) is 7.27. The van der Waals surface area contributed by atoms with Crippen LogP contribution in [-0.4, -0.2) is 37.1 Å². The lowest BCUT2D eigenvalue weighted by molar-refractivity contribution is -0.691. The first-order chi connectivity index (χ1) is 8.18. The van der Waals surface area contributed by atoms with E-state index in [1.165, 1.54) is 5.56 Å². The lowest BCUT2D eigenvalue weighted by atomic mass is 10.2. The molecule has 2 heterocycles. The highest BCUT2D eigenvalue weighted by Crippen LogP contribution is 2.01. The van der Waals surface area contributed by atoms with E-state index in [0.29, 0.717) is 32.8 Å². The van der Waals surface area contributed by atoms with E-state index in [4.69, 9.17) is 4.74 Å². The summed E-state index contributed by atoms with van der Waals surface area (Å²) >= 11 is 0. The van der Waals surface area contributed by atoms with Gasteiger partial charge in [-0.2, -0.15) is 4.57 Å². The van der Waals surface area contributed by atoms with Crippen molar-refractivity contribution in [1.82, 2.24) is 4.90 Å². The van der Waals surface area contributed by atoms with E-state index in [0.717, 1.165) is 5.69 Å². The van der Waals surface area contributed by atoms with Crippen LogP contribution in [0.4, 0.5) is 0 Å².